The number of hydrogen-bond donors (Lipinski definition) is 4. The average molecular weight is 446 g/mol. The van der Waals surface area contributed by atoms with Crippen LogP contribution in [0, 0.1) is 0 Å². The van der Waals surface area contributed by atoms with Gasteiger partial charge in [0.05, 0.1) is 6.26 Å². The van der Waals surface area contributed by atoms with Gasteiger partial charge in [-0.3, -0.25) is 0 Å². The third-order valence-corrected chi connectivity index (χ3v) is 5.35. The maximum atomic E-state index is 11.2. The van der Waals surface area contributed by atoms with Gasteiger partial charge in [0.2, 0.25) is 27.9 Å². The number of rotatable bonds is 17. The zero-order chi connectivity index (χ0) is 22.4. The molecule has 0 saturated heterocycles. The SMILES string of the molecule is CCN(CC)CCNc1nc(NCCNS(C)(=O)=O)nc(NCCN(CC)CC)n1. The van der Waals surface area contributed by atoms with Gasteiger partial charge in [0.15, 0.2) is 0 Å². The lowest BCUT2D eigenvalue weighted by Crippen LogP contribution is -2.30. The predicted molar refractivity (Wildman–Crippen MR) is 124 cm³/mol. The summed E-state index contributed by atoms with van der Waals surface area (Å²) in [6, 6.07) is 0. The van der Waals surface area contributed by atoms with Gasteiger partial charge in [-0.05, 0) is 26.2 Å². The van der Waals surface area contributed by atoms with Crippen LogP contribution in [-0.4, -0.2) is 105 Å². The summed E-state index contributed by atoms with van der Waals surface area (Å²) in [5.74, 6) is 1.37. The minimum Gasteiger partial charge on any atom is -0.353 e. The van der Waals surface area contributed by atoms with Crippen molar-refractivity contribution in [1.29, 1.82) is 0 Å². The first-order valence-corrected chi connectivity index (χ1v) is 12.6. The molecule has 4 N–H and O–H groups in total. The predicted octanol–water partition coefficient (Wildman–Crippen LogP) is 0.340. The molecular weight excluding hydrogens is 406 g/mol. The van der Waals surface area contributed by atoms with E-state index in [0.29, 0.717) is 24.4 Å². The van der Waals surface area contributed by atoms with E-state index in [-0.39, 0.29) is 6.54 Å². The van der Waals surface area contributed by atoms with Crippen LogP contribution >= 0.6 is 0 Å². The second kappa shape index (κ2) is 14.3. The summed E-state index contributed by atoms with van der Waals surface area (Å²) < 4.78 is 24.8. The Hall–Kier alpha value is -1.76. The summed E-state index contributed by atoms with van der Waals surface area (Å²) in [6.45, 7) is 16.4. The quantitative estimate of drug-likeness (QED) is 0.249. The van der Waals surface area contributed by atoms with E-state index in [9.17, 15) is 8.42 Å². The molecule has 0 spiro atoms. The first kappa shape index (κ1) is 26.3. The maximum absolute atomic E-state index is 11.2. The van der Waals surface area contributed by atoms with Crippen molar-refractivity contribution in [2.45, 2.75) is 27.7 Å². The Morgan fingerprint density at radius 2 is 1.03 bits per heavy atom. The van der Waals surface area contributed by atoms with Crippen LogP contribution < -0.4 is 20.7 Å². The lowest BCUT2D eigenvalue weighted by molar-refractivity contribution is 0.315. The molecule has 11 nitrogen and oxygen atoms in total. The van der Waals surface area contributed by atoms with Crippen LogP contribution in [0.2, 0.25) is 0 Å². The number of nitrogens with zero attached hydrogens (tertiary/aromatic N) is 5. The van der Waals surface area contributed by atoms with Gasteiger partial charge in [-0.15, -0.1) is 0 Å². The van der Waals surface area contributed by atoms with E-state index in [2.05, 4.69) is 73.1 Å². The summed E-state index contributed by atoms with van der Waals surface area (Å²) in [4.78, 5) is 17.9. The van der Waals surface area contributed by atoms with Crippen LogP contribution in [0.15, 0.2) is 0 Å². The summed E-state index contributed by atoms with van der Waals surface area (Å²) in [7, 11) is -3.22. The Morgan fingerprint density at radius 3 is 1.37 bits per heavy atom. The first-order chi connectivity index (χ1) is 14.3. The Labute approximate surface area is 181 Å². The molecule has 1 aromatic heterocycles. The molecular formula is C18H39N9O2S. The zero-order valence-corrected chi connectivity index (χ0v) is 19.8. The van der Waals surface area contributed by atoms with Gasteiger partial charge < -0.3 is 25.8 Å². The Morgan fingerprint density at radius 1 is 0.667 bits per heavy atom. The van der Waals surface area contributed by atoms with Crippen LogP contribution in [0.3, 0.4) is 0 Å². The molecule has 0 saturated carbocycles. The highest BCUT2D eigenvalue weighted by atomic mass is 32.2. The molecule has 0 amide bonds. The number of aromatic nitrogens is 3. The smallest absolute Gasteiger partial charge is 0.229 e. The van der Waals surface area contributed by atoms with Gasteiger partial charge >= 0.3 is 0 Å². The van der Waals surface area contributed by atoms with Gasteiger partial charge in [-0.25, -0.2) is 13.1 Å². The minimum absolute atomic E-state index is 0.250. The summed E-state index contributed by atoms with van der Waals surface area (Å²) >= 11 is 0. The molecule has 0 aliphatic rings. The van der Waals surface area contributed by atoms with Crippen LogP contribution in [0.25, 0.3) is 0 Å². The summed E-state index contributed by atoms with van der Waals surface area (Å²) in [6.07, 6.45) is 1.13. The van der Waals surface area contributed by atoms with E-state index < -0.39 is 10.0 Å². The van der Waals surface area contributed by atoms with Gasteiger partial charge in [0, 0.05) is 39.3 Å². The summed E-state index contributed by atoms with van der Waals surface area (Å²) in [5.41, 5.74) is 0. The zero-order valence-electron chi connectivity index (χ0n) is 19.0. The molecule has 0 atom stereocenters. The highest BCUT2D eigenvalue weighted by molar-refractivity contribution is 7.88. The standard InChI is InChI=1S/C18H39N9O2S/c1-6-26(7-2)14-12-20-17-23-16(19-10-11-22-30(5,28)29)24-18(25-17)21-13-15-27(8-3)9-4/h22H,6-15H2,1-5H3,(H3,19,20,21,23,24,25). The van der Waals surface area contributed by atoms with Crippen molar-refractivity contribution >= 4 is 27.9 Å². The Kier molecular flexibility index (Phi) is 12.5. The van der Waals surface area contributed by atoms with Crippen molar-refractivity contribution in [3.8, 4) is 0 Å². The molecule has 30 heavy (non-hydrogen) atoms. The molecule has 0 unspecified atom stereocenters. The van der Waals surface area contributed by atoms with Crippen molar-refractivity contribution in [1.82, 2.24) is 29.5 Å². The lowest BCUT2D eigenvalue weighted by atomic mass is 10.4. The molecule has 174 valence electrons. The first-order valence-electron chi connectivity index (χ1n) is 10.7. The third kappa shape index (κ3) is 11.4. The molecule has 1 aromatic rings. The fourth-order valence-electron chi connectivity index (χ4n) is 2.76. The molecule has 0 fully saturated rings. The average Bonchev–Trinajstić information content (AvgIpc) is 2.71. The Bertz CT molecular complexity index is 659. The van der Waals surface area contributed by atoms with Crippen molar-refractivity contribution in [2.24, 2.45) is 0 Å². The monoisotopic (exact) mass is 445 g/mol. The highest BCUT2D eigenvalue weighted by Crippen LogP contribution is 2.09. The second-order valence-corrected chi connectivity index (χ2v) is 8.64. The molecule has 1 heterocycles. The van der Waals surface area contributed by atoms with Crippen molar-refractivity contribution in [3.05, 3.63) is 0 Å². The van der Waals surface area contributed by atoms with Gasteiger partial charge in [-0.1, -0.05) is 27.7 Å². The molecule has 0 aliphatic carbocycles. The van der Waals surface area contributed by atoms with E-state index in [1.54, 1.807) is 0 Å². The molecule has 0 bridgehead atoms. The van der Waals surface area contributed by atoms with Crippen molar-refractivity contribution in [2.75, 3.05) is 87.7 Å². The van der Waals surface area contributed by atoms with Crippen molar-refractivity contribution in [3.63, 3.8) is 0 Å². The maximum Gasteiger partial charge on any atom is 0.229 e. The summed E-state index contributed by atoms with van der Waals surface area (Å²) in [5, 5.41) is 9.56. The van der Waals surface area contributed by atoms with E-state index in [1.165, 1.54) is 0 Å². The molecule has 0 aromatic carbocycles. The molecule has 12 heteroatoms. The van der Waals surface area contributed by atoms with E-state index >= 15 is 0 Å². The number of nitrogens with one attached hydrogen (secondary N) is 4. The lowest BCUT2D eigenvalue weighted by Gasteiger charge is -2.19. The van der Waals surface area contributed by atoms with E-state index in [4.69, 9.17) is 0 Å². The largest absolute Gasteiger partial charge is 0.353 e. The number of sulfonamides is 1. The number of anilines is 3. The van der Waals surface area contributed by atoms with Crippen molar-refractivity contribution < 1.29 is 8.42 Å². The van der Waals surface area contributed by atoms with Gasteiger partial charge in [-0.2, -0.15) is 15.0 Å². The van der Waals surface area contributed by atoms with E-state index in [0.717, 1.165) is 58.6 Å². The van der Waals surface area contributed by atoms with Crippen LogP contribution in [0.4, 0.5) is 17.8 Å². The van der Waals surface area contributed by atoms with Gasteiger partial charge in [0.25, 0.3) is 0 Å². The fraction of sp³-hybridized carbons (Fsp3) is 0.833. The van der Waals surface area contributed by atoms with E-state index in [1.807, 2.05) is 0 Å². The molecule has 1 rings (SSSR count). The fourth-order valence-corrected chi connectivity index (χ4v) is 3.23. The van der Waals surface area contributed by atoms with Crippen LogP contribution in [0.1, 0.15) is 27.7 Å². The second-order valence-electron chi connectivity index (χ2n) is 6.81. The topological polar surface area (TPSA) is 127 Å². The minimum atomic E-state index is -3.22. The van der Waals surface area contributed by atoms with Crippen LogP contribution in [-0.2, 0) is 10.0 Å². The third-order valence-electron chi connectivity index (χ3n) is 4.62. The molecule has 0 radical (unpaired) electrons. The van der Waals surface area contributed by atoms with Crippen LogP contribution in [0.5, 0.6) is 0 Å². The number of hydrogen-bond acceptors (Lipinski definition) is 10. The highest BCUT2D eigenvalue weighted by Gasteiger charge is 2.08. The Balaban J connectivity index is 2.73. The number of likely N-dealkylation sites (N-methyl/N-ethyl adjacent to an activating group) is 2. The molecule has 0 aliphatic heterocycles. The van der Waals surface area contributed by atoms with Gasteiger partial charge in [0.1, 0.15) is 0 Å². The normalized spacial score (nSPS) is 11.8.